The molecule has 0 N–H and O–H groups in total. The van der Waals surface area contributed by atoms with Crippen LogP contribution in [0.15, 0.2) is 24.3 Å². The Morgan fingerprint density at radius 2 is 2.06 bits per heavy atom. The number of rotatable bonds is 7. The highest BCUT2D eigenvalue weighted by molar-refractivity contribution is 9.09. The lowest BCUT2D eigenvalue weighted by atomic mass is 10.2. The van der Waals surface area contributed by atoms with Crippen LogP contribution in [0.4, 0.5) is 0 Å². The number of carbonyl (C=O) groups excluding carboxylic acids is 2. The molecule has 0 bridgehead atoms. The summed E-state index contributed by atoms with van der Waals surface area (Å²) in [4.78, 5) is 21.5. The molecule has 1 rings (SSSR count). The van der Waals surface area contributed by atoms with E-state index in [0.717, 1.165) is 19.1 Å². The Balaban J connectivity index is 2.35. The predicted molar refractivity (Wildman–Crippen MR) is 71.3 cm³/mol. The van der Waals surface area contributed by atoms with Crippen molar-refractivity contribution < 1.29 is 19.1 Å². The summed E-state index contributed by atoms with van der Waals surface area (Å²) in [6.07, 6.45) is 2.39. The third-order valence-electron chi connectivity index (χ3n) is 2.32. The van der Waals surface area contributed by atoms with Gasteiger partial charge in [0.25, 0.3) is 0 Å². The third kappa shape index (κ3) is 4.87. The van der Waals surface area contributed by atoms with E-state index in [2.05, 4.69) is 20.7 Å². The molecule has 0 amide bonds. The number of halogens is 1. The Hall–Kier alpha value is -1.36. The van der Waals surface area contributed by atoms with E-state index < -0.39 is 0 Å². The van der Waals surface area contributed by atoms with Crippen molar-refractivity contribution in [2.45, 2.75) is 17.7 Å². The average molecular weight is 315 g/mol. The lowest BCUT2D eigenvalue weighted by Crippen LogP contribution is -2.04. The lowest BCUT2D eigenvalue weighted by molar-refractivity contribution is -0.107. The molecular formula is C13H15BrO4. The van der Waals surface area contributed by atoms with Crippen LogP contribution in [0.3, 0.4) is 0 Å². The van der Waals surface area contributed by atoms with Crippen molar-refractivity contribution in [1.29, 1.82) is 0 Å². The Morgan fingerprint density at radius 1 is 1.39 bits per heavy atom. The lowest BCUT2D eigenvalue weighted by Gasteiger charge is -2.07. The van der Waals surface area contributed by atoms with Crippen molar-refractivity contribution in [3.63, 3.8) is 0 Å². The van der Waals surface area contributed by atoms with Crippen LogP contribution in [-0.4, -0.2) is 30.8 Å². The van der Waals surface area contributed by atoms with Crippen LogP contribution in [-0.2, 0) is 9.53 Å². The Kier molecular flexibility index (Phi) is 6.43. The van der Waals surface area contributed by atoms with Gasteiger partial charge in [0, 0.05) is 0 Å². The molecule has 1 unspecified atom stereocenters. The molecule has 0 saturated heterocycles. The normalized spacial score (nSPS) is 11.7. The summed E-state index contributed by atoms with van der Waals surface area (Å²) in [6.45, 7) is 0.535. The monoisotopic (exact) mass is 314 g/mol. The number of hydrogen-bond acceptors (Lipinski definition) is 4. The Labute approximate surface area is 114 Å². The van der Waals surface area contributed by atoms with Crippen LogP contribution in [0.25, 0.3) is 0 Å². The molecule has 0 heterocycles. The summed E-state index contributed by atoms with van der Waals surface area (Å²) in [5.41, 5.74) is 0.492. The SMILES string of the molecule is COC(=O)c1ccc(OCCCC(Br)C=O)cc1. The van der Waals surface area contributed by atoms with Gasteiger partial charge < -0.3 is 14.3 Å². The molecule has 0 saturated carbocycles. The van der Waals surface area contributed by atoms with E-state index in [4.69, 9.17) is 4.74 Å². The molecule has 0 aromatic heterocycles. The van der Waals surface area contributed by atoms with Crippen molar-refractivity contribution in [1.82, 2.24) is 0 Å². The first-order valence-electron chi connectivity index (χ1n) is 5.58. The second-order valence-electron chi connectivity index (χ2n) is 3.66. The molecule has 0 spiro atoms. The van der Waals surface area contributed by atoms with Gasteiger partial charge in [0.2, 0.25) is 0 Å². The summed E-state index contributed by atoms with van der Waals surface area (Å²) in [5, 5.41) is 0. The van der Waals surface area contributed by atoms with Crippen LogP contribution in [0.1, 0.15) is 23.2 Å². The van der Waals surface area contributed by atoms with Crippen molar-refractivity contribution in [2.24, 2.45) is 0 Å². The van der Waals surface area contributed by atoms with Crippen LogP contribution in [0.5, 0.6) is 5.75 Å². The number of benzene rings is 1. The van der Waals surface area contributed by atoms with E-state index in [0.29, 0.717) is 17.9 Å². The average Bonchev–Trinajstić information content (AvgIpc) is 2.43. The first kappa shape index (κ1) is 14.7. The number of aldehydes is 1. The maximum Gasteiger partial charge on any atom is 0.337 e. The summed E-state index contributed by atoms with van der Waals surface area (Å²) in [6, 6.07) is 6.74. The van der Waals surface area contributed by atoms with Crippen LogP contribution in [0, 0.1) is 0 Å². The van der Waals surface area contributed by atoms with E-state index in [1.165, 1.54) is 7.11 Å². The standard InChI is InChI=1S/C13H15BrO4/c1-17-13(16)10-4-6-12(7-5-10)18-8-2-3-11(14)9-15/h4-7,9,11H,2-3,8H2,1H3. The minimum Gasteiger partial charge on any atom is -0.494 e. The molecule has 0 aliphatic heterocycles. The first-order valence-corrected chi connectivity index (χ1v) is 6.49. The fourth-order valence-corrected chi connectivity index (χ4v) is 1.67. The molecular weight excluding hydrogens is 300 g/mol. The van der Waals surface area contributed by atoms with Gasteiger partial charge in [-0.15, -0.1) is 0 Å². The number of alkyl halides is 1. The molecule has 0 aliphatic carbocycles. The molecule has 0 fully saturated rings. The van der Waals surface area contributed by atoms with Crippen molar-refractivity contribution in [2.75, 3.05) is 13.7 Å². The van der Waals surface area contributed by atoms with Gasteiger partial charge in [0.1, 0.15) is 12.0 Å². The van der Waals surface area contributed by atoms with Gasteiger partial charge >= 0.3 is 5.97 Å². The van der Waals surface area contributed by atoms with Crippen molar-refractivity contribution in [3.05, 3.63) is 29.8 Å². The molecule has 0 radical (unpaired) electrons. The zero-order valence-corrected chi connectivity index (χ0v) is 11.7. The highest BCUT2D eigenvalue weighted by Gasteiger charge is 2.05. The van der Waals surface area contributed by atoms with Gasteiger partial charge in [-0.1, -0.05) is 15.9 Å². The van der Waals surface area contributed by atoms with Gasteiger partial charge in [-0.3, -0.25) is 0 Å². The third-order valence-corrected chi connectivity index (χ3v) is 2.99. The molecule has 0 aliphatic rings. The van der Waals surface area contributed by atoms with E-state index in [-0.39, 0.29) is 10.8 Å². The number of carbonyl (C=O) groups is 2. The topological polar surface area (TPSA) is 52.6 Å². The van der Waals surface area contributed by atoms with Gasteiger partial charge in [-0.25, -0.2) is 4.79 Å². The minimum absolute atomic E-state index is 0.109. The maximum absolute atomic E-state index is 11.2. The first-order chi connectivity index (χ1) is 8.67. The van der Waals surface area contributed by atoms with Gasteiger partial charge in [0.05, 0.1) is 24.1 Å². The predicted octanol–water partition coefficient (Wildman–Crippen LogP) is 2.59. The zero-order valence-electron chi connectivity index (χ0n) is 10.1. The zero-order chi connectivity index (χ0) is 13.4. The second-order valence-corrected chi connectivity index (χ2v) is 4.83. The Morgan fingerprint density at radius 3 is 2.61 bits per heavy atom. The minimum atomic E-state index is -0.366. The van der Waals surface area contributed by atoms with E-state index >= 15 is 0 Å². The highest BCUT2D eigenvalue weighted by atomic mass is 79.9. The molecule has 18 heavy (non-hydrogen) atoms. The maximum atomic E-state index is 11.2. The second kappa shape index (κ2) is 7.87. The van der Waals surface area contributed by atoms with E-state index in [1.807, 2.05) is 0 Å². The van der Waals surface area contributed by atoms with E-state index in [1.54, 1.807) is 24.3 Å². The number of esters is 1. The molecule has 1 atom stereocenters. The molecule has 4 nitrogen and oxygen atoms in total. The van der Waals surface area contributed by atoms with Gasteiger partial charge in [-0.2, -0.15) is 0 Å². The van der Waals surface area contributed by atoms with E-state index in [9.17, 15) is 9.59 Å². The largest absolute Gasteiger partial charge is 0.494 e. The Bertz CT molecular complexity index is 388. The molecule has 98 valence electrons. The van der Waals surface area contributed by atoms with Crippen molar-refractivity contribution >= 4 is 28.2 Å². The molecule has 1 aromatic rings. The number of hydrogen-bond donors (Lipinski definition) is 0. The number of ether oxygens (including phenoxy) is 2. The summed E-state index contributed by atoms with van der Waals surface area (Å²) >= 11 is 3.22. The quantitative estimate of drug-likeness (QED) is 0.336. The molecule has 1 aromatic carbocycles. The summed E-state index contributed by atoms with van der Waals surface area (Å²) in [7, 11) is 1.34. The van der Waals surface area contributed by atoms with Crippen LogP contribution < -0.4 is 4.74 Å². The van der Waals surface area contributed by atoms with Gasteiger partial charge in [0.15, 0.2) is 0 Å². The van der Waals surface area contributed by atoms with Crippen LogP contribution in [0.2, 0.25) is 0 Å². The fraction of sp³-hybridized carbons (Fsp3) is 0.385. The summed E-state index contributed by atoms with van der Waals surface area (Å²) in [5.74, 6) is 0.328. The fourth-order valence-electron chi connectivity index (χ4n) is 1.34. The van der Waals surface area contributed by atoms with Crippen LogP contribution >= 0.6 is 15.9 Å². The number of methoxy groups -OCH3 is 1. The molecule has 5 heteroatoms. The highest BCUT2D eigenvalue weighted by Crippen LogP contribution is 2.14. The summed E-state index contributed by atoms with van der Waals surface area (Å²) < 4.78 is 10.1. The van der Waals surface area contributed by atoms with Crippen molar-refractivity contribution in [3.8, 4) is 5.75 Å². The van der Waals surface area contributed by atoms with Gasteiger partial charge in [-0.05, 0) is 37.1 Å². The smallest absolute Gasteiger partial charge is 0.337 e.